The van der Waals surface area contributed by atoms with Crippen LogP contribution in [-0.4, -0.2) is 75.1 Å². The van der Waals surface area contributed by atoms with Crippen LogP contribution in [0.15, 0.2) is 172 Å². The molecule has 114 heavy (non-hydrogen) atoms. The maximum Gasteiger partial charge on any atom is 0.349 e. The van der Waals surface area contributed by atoms with Crippen LogP contribution in [0.1, 0.15) is 109 Å². The van der Waals surface area contributed by atoms with Gasteiger partial charge in [-0.15, -0.1) is 0 Å². The number of hydrogen-bond donors (Lipinski definition) is 4. The lowest BCUT2D eigenvalue weighted by Gasteiger charge is -2.28. The fourth-order valence-electron chi connectivity index (χ4n) is 14.2. The molecule has 0 atom stereocenters. The van der Waals surface area contributed by atoms with Crippen molar-refractivity contribution in [1.29, 1.82) is 0 Å². The summed E-state index contributed by atoms with van der Waals surface area (Å²) < 4.78 is 47.2. The van der Waals surface area contributed by atoms with Gasteiger partial charge in [0.2, 0.25) is 0 Å². The summed E-state index contributed by atoms with van der Waals surface area (Å²) in [6.45, 7) is 28.0. The number of halogens is 3. The largest absolute Gasteiger partial charge is 0.349 e. The second kappa shape index (κ2) is 33.4. The molecule has 23 nitrogen and oxygen atoms in total. The van der Waals surface area contributed by atoms with E-state index in [0.717, 1.165) is 122 Å². The lowest BCUT2D eigenvalue weighted by atomic mass is 10.0. The highest BCUT2D eigenvalue weighted by molar-refractivity contribution is 5.83. The molecule has 7 aliphatic heterocycles. The first-order chi connectivity index (χ1) is 54.5. The van der Waals surface area contributed by atoms with E-state index >= 15 is 0 Å². The van der Waals surface area contributed by atoms with Crippen molar-refractivity contribution in [2.75, 3.05) is 11.4 Å². The van der Waals surface area contributed by atoms with Crippen molar-refractivity contribution in [3.05, 3.63) is 318 Å². The normalized spacial score (nSPS) is 11.6. The third-order valence-electron chi connectivity index (χ3n) is 20.8. The van der Waals surface area contributed by atoms with E-state index in [-0.39, 0.29) is 57.1 Å². The number of benzene rings is 8. The van der Waals surface area contributed by atoms with Gasteiger partial charge >= 0.3 is 17.1 Å². The monoisotopic (exact) mass is 1530 g/mol. The molecule has 0 saturated carbocycles. The molecule has 0 radical (unpaired) electrons. The Labute approximate surface area is 651 Å². The van der Waals surface area contributed by atoms with Crippen LogP contribution in [0.3, 0.4) is 0 Å². The number of fused-ring (bicyclic) bond motifs is 8. The van der Waals surface area contributed by atoms with Crippen molar-refractivity contribution in [3.8, 4) is 34.6 Å². The van der Waals surface area contributed by atoms with Gasteiger partial charge in [0.1, 0.15) is 22.9 Å². The van der Waals surface area contributed by atoms with Gasteiger partial charge in [0.25, 0.3) is 22.2 Å². The van der Waals surface area contributed by atoms with Crippen LogP contribution in [0.4, 0.5) is 30.4 Å². The summed E-state index contributed by atoms with van der Waals surface area (Å²) in [7, 11) is 0. The number of anilines is 2. The van der Waals surface area contributed by atoms with E-state index in [2.05, 4.69) is 141 Å². The Hall–Kier alpha value is -13.3. The minimum atomic E-state index is -0.685. The van der Waals surface area contributed by atoms with Gasteiger partial charge in [-0.1, -0.05) is 84.4 Å². The van der Waals surface area contributed by atoms with Crippen LogP contribution in [-0.2, 0) is 45.3 Å². The molecule has 0 fully saturated rings. The third-order valence-corrected chi connectivity index (χ3v) is 20.8. The summed E-state index contributed by atoms with van der Waals surface area (Å²) in [6.07, 6.45) is 5.68. The van der Waals surface area contributed by atoms with Crippen molar-refractivity contribution >= 4 is 56.9 Å². The molecular formula is C88H85F3N16O7. The fraction of sp³-hybridized carbons (Fsp3) is 0.261. The molecule has 1 aromatic heterocycles. The summed E-state index contributed by atoms with van der Waals surface area (Å²) in [6, 6.07) is 41.8. The molecule has 7 aliphatic rings. The van der Waals surface area contributed by atoms with Crippen LogP contribution in [0.5, 0.6) is 0 Å². The zero-order valence-electron chi connectivity index (χ0n) is 65.3. The fourth-order valence-corrected chi connectivity index (χ4v) is 14.2. The molecule has 0 unspecified atom stereocenters. The summed E-state index contributed by atoms with van der Waals surface area (Å²) >= 11 is 0. The quantitative estimate of drug-likeness (QED) is 0.0654. The smallest absolute Gasteiger partial charge is 0.322 e. The van der Waals surface area contributed by atoms with Gasteiger partial charge in [-0.2, -0.15) is 15.0 Å². The van der Waals surface area contributed by atoms with E-state index < -0.39 is 45.4 Å². The van der Waals surface area contributed by atoms with Crippen LogP contribution in [0.2, 0.25) is 0 Å². The van der Waals surface area contributed by atoms with Crippen LogP contribution >= 0.6 is 0 Å². The number of H-pyrrole nitrogens is 4. The van der Waals surface area contributed by atoms with E-state index in [1.54, 1.807) is 13.0 Å². The zero-order valence-corrected chi connectivity index (χ0v) is 65.3. The van der Waals surface area contributed by atoms with Crippen LogP contribution in [0, 0.1) is 93.6 Å². The number of hydrogen-bond acceptors (Lipinski definition) is 16. The predicted octanol–water partition coefficient (Wildman–Crippen LogP) is 12.7. The first-order valence-electron chi connectivity index (χ1n) is 37.6. The highest BCUT2D eigenvalue weighted by Gasteiger charge is 2.26. The summed E-state index contributed by atoms with van der Waals surface area (Å²) in [5.41, 5.74) is 18.6. The number of rotatable bonds is 16. The topological polar surface area (TPSA) is 303 Å². The van der Waals surface area contributed by atoms with E-state index in [0.29, 0.717) is 66.8 Å². The Morgan fingerprint density at radius 3 is 1.24 bits per heavy atom. The molecule has 0 spiro atoms. The molecule has 16 rings (SSSR count). The van der Waals surface area contributed by atoms with Crippen molar-refractivity contribution in [2.45, 2.75) is 147 Å². The number of aryl methyl sites for hydroxylation is 17. The third kappa shape index (κ3) is 17.3. The Morgan fingerprint density at radius 2 is 0.772 bits per heavy atom. The predicted molar refractivity (Wildman–Crippen MR) is 438 cm³/mol. The maximum atomic E-state index is 14.0. The SMILES string of the molecule is C=c1nc2c(c(=O)[nH]1)=Nc1cc(C)c(C)cc1N2CCCc1c(F)cccc1F.Cc1cc2nc3c(=O)[nH]c(=O)nc-3n(CCCc3ccc(F)c(C)c3)c2cc1C.Cc1ccc(CCCn2c3nc(=O)[nH]c(=O)c-3nc3cc(C)c(C)cc32)cc1.Cc1cccc(CCCn2c3nc(=O)[nH]c(=O)c-3nc3cc(C)c(C)cc32)c1. The van der Waals surface area contributed by atoms with Crippen LogP contribution < -0.4 is 55.0 Å². The number of aromatic amines is 4. The lowest BCUT2D eigenvalue weighted by Crippen LogP contribution is -2.42. The summed E-state index contributed by atoms with van der Waals surface area (Å²) in [4.78, 5) is 130. The maximum absolute atomic E-state index is 14.0. The average molecular weight is 1540 g/mol. The van der Waals surface area contributed by atoms with E-state index in [1.807, 2.05) is 116 Å². The molecule has 9 aromatic rings. The van der Waals surface area contributed by atoms with E-state index in [1.165, 1.54) is 46.5 Å². The molecule has 0 bridgehead atoms. The van der Waals surface area contributed by atoms with E-state index in [9.17, 15) is 46.7 Å². The second-order valence-corrected chi connectivity index (χ2v) is 29.2. The minimum absolute atomic E-state index is 0.0615. The second-order valence-electron chi connectivity index (χ2n) is 29.2. The zero-order chi connectivity index (χ0) is 81.1. The van der Waals surface area contributed by atoms with Gasteiger partial charge in [-0.25, -0.2) is 52.5 Å². The van der Waals surface area contributed by atoms with Crippen LogP contribution in [0.25, 0.3) is 74.2 Å². The van der Waals surface area contributed by atoms with Gasteiger partial charge in [-0.05, 0) is 261 Å². The van der Waals surface area contributed by atoms with Crippen molar-refractivity contribution in [3.63, 3.8) is 0 Å². The van der Waals surface area contributed by atoms with Crippen molar-refractivity contribution < 1.29 is 13.2 Å². The van der Waals surface area contributed by atoms with E-state index in [4.69, 9.17) is 0 Å². The number of nitrogens with one attached hydrogen (secondary N) is 4. The van der Waals surface area contributed by atoms with Gasteiger partial charge in [-0.3, -0.25) is 34.1 Å². The Morgan fingerprint density at radius 1 is 0.360 bits per heavy atom. The van der Waals surface area contributed by atoms with Crippen molar-refractivity contribution in [2.24, 2.45) is 4.99 Å². The average Bonchev–Trinajstić information content (AvgIpc) is 0.773. The molecule has 4 N–H and O–H groups in total. The van der Waals surface area contributed by atoms with Crippen molar-refractivity contribution in [1.82, 2.24) is 68.5 Å². The number of nitrogens with zero attached hydrogens (tertiary/aromatic N) is 12. The van der Waals surface area contributed by atoms with Gasteiger partial charge in [0.05, 0.1) is 44.5 Å². The standard InChI is InChI=1S/C22H20F2N4O.C22H21FN4O2.2C22H22N4O2/c1-12-10-18-19(11-13(12)2)28(21-20(27-18)22(29)26-14(3)25-21)9-5-6-15-16(23)7-4-8-17(15)24;1-12-10-17-18(11-13(12)2)27(20-19(24-17)21(28)26-22(29)25-20)8-4-5-15-6-7-16(23)14(3)9-15;1-13-6-4-7-16(10-13)8-5-9-26-18-12-15(3)14(2)11-17(18)23-19-20(26)24-22(28)25-21(19)27;1-13-6-8-16(9-7-13)5-4-10-26-18-12-15(3)14(2)11-17(18)23-19-20(26)24-22(28)25-21(19)27/h4,7-8,10-11H,3,5-6,9H2,1-2H3,(H,26,29);6-7,9-11H,4-5,8H2,1-3H3,(H,26,28,29);4,6-7,10-12H,5,8-9H2,1-3H3,(H,25,27,28);6-9,11-12H,4-5,10H2,1-3H3,(H,25,27,28). The molecule has 0 amide bonds. The van der Waals surface area contributed by atoms with Gasteiger partial charge < -0.3 is 23.6 Å². The Balaban J connectivity index is 0.000000133. The molecule has 0 aliphatic carbocycles. The number of aromatic nitrogens is 14. The van der Waals surface area contributed by atoms with Gasteiger partial charge in [0.15, 0.2) is 45.7 Å². The van der Waals surface area contributed by atoms with Gasteiger partial charge in [0, 0.05) is 31.7 Å². The molecule has 8 heterocycles. The Kier molecular flexibility index (Phi) is 23.1. The molecule has 0 saturated heterocycles. The molecule has 580 valence electrons. The highest BCUT2D eigenvalue weighted by Crippen LogP contribution is 2.37. The molecule has 26 heteroatoms. The minimum Gasteiger partial charge on any atom is -0.322 e. The molecular weight excluding hydrogens is 1450 g/mol. The summed E-state index contributed by atoms with van der Waals surface area (Å²) in [5, 5.41) is 0.213. The first-order valence-corrected chi connectivity index (χ1v) is 37.6. The first kappa shape index (κ1) is 78.8. The summed E-state index contributed by atoms with van der Waals surface area (Å²) in [5.74, 6) is 0.0444. The lowest BCUT2D eigenvalue weighted by molar-refractivity contribution is 0.550. The highest BCUT2D eigenvalue weighted by atomic mass is 19.1. The Bertz CT molecular complexity index is 6720. The molecule has 8 aromatic carbocycles.